The Morgan fingerprint density at radius 3 is 1.56 bits per heavy atom. The van der Waals surface area contributed by atoms with E-state index >= 15 is 0 Å². The number of ether oxygens (including phenoxy) is 3. The maximum Gasteiger partial charge on any atom is 0.334 e. The lowest BCUT2D eigenvalue weighted by Crippen LogP contribution is -2.33. The molecule has 3 rings (SSSR count). The maximum absolute atomic E-state index is 11.7. The van der Waals surface area contributed by atoms with Gasteiger partial charge < -0.3 is 34.6 Å². The number of hydrogen-bond donors (Lipinski definition) is 4. The lowest BCUT2D eigenvalue weighted by atomic mass is 9.98. The third-order valence-corrected chi connectivity index (χ3v) is 10.2. The molecule has 3 heterocycles. The second-order valence-corrected chi connectivity index (χ2v) is 14.2. The van der Waals surface area contributed by atoms with Crippen LogP contribution in [0.25, 0.3) is 0 Å². The monoisotopic (exact) mass is 638 g/mol. The average Bonchev–Trinajstić information content (AvgIpc) is 3.78. The Labute approximate surface area is 273 Å². The maximum atomic E-state index is 11.7. The van der Waals surface area contributed by atoms with Crippen LogP contribution < -0.4 is 0 Å². The predicted molar refractivity (Wildman–Crippen MR) is 177 cm³/mol. The molecule has 0 aromatic rings. The molecule has 8 nitrogen and oxygen atoms in total. The van der Waals surface area contributed by atoms with Crippen molar-refractivity contribution in [2.24, 2.45) is 0 Å². The largest absolute Gasteiger partial charge is 0.455 e. The van der Waals surface area contributed by atoms with E-state index in [2.05, 4.69) is 6.92 Å². The van der Waals surface area contributed by atoms with Gasteiger partial charge in [0.05, 0.1) is 48.8 Å². The van der Waals surface area contributed by atoms with Crippen LogP contribution in [0.5, 0.6) is 0 Å². The molecule has 8 heteroatoms. The minimum atomic E-state index is -0.828. The van der Waals surface area contributed by atoms with E-state index < -0.39 is 18.3 Å². The highest BCUT2D eigenvalue weighted by Gasteiger charge is 2.40. The number of aliphatic hydroxyl groups excluding tert-OH is 4. The lowest BCUT2D eigenvalue weighted by Gasteiger charge is -2.24. The van der Waals surface area contributed by atoms with E-state index in [1.165, 1.54) is 44.9 Å². The number of cyclic esters (lactones) is 1. The number of unbranched alkanes of at least 4 members (excludes halogenated alkanes) is 12. The average molecular weight is 639 g/mol. The van der Waals surface area contributed by atoms with Crippen LogP contribution in [0.2, 0.25) is 0 Å². The fourth-order valence-corrected chi connectivity index (χ4v) is 7.27. The van der Waals surface area contributed by atoms with Crippen LogP contribution in [0.1, 0.15) is 162 Å². The first kappa shape index (κ1) is 38.4. The second kappa shape index (κ2) is 21.8. The van der Waals surface area contributed by atoms with Crippen LogP contribution in [0.3, 0.4) is 0 Å². The number of rotatable bonds is 25. The van der Waals surface area contributed by atoms with Gasteiger partial charge in [0.25, 0.3) is 0 Å². The first-order chi connectivity index (χ1) is 21.8. The fraction of sp³-hybridized carbons (Fsp3) is 0.919. The number of aliphatic hydroxyl groups is 4. The number of carbonyl (C=O) groups is 1. The SMILES string of the molecule is CCCCCCCCCC[C@@H](O)[C@@H]1CC[C@@H]([C@@H]2CC[C@@H]([C@@H](O)CCCCCCCC[C@H](O)[C@H](O)CCC3=C[C@H](C)OC3=O)O2)O1. The topological polar surface area (TPSA) is 126 Å². The summed E-state index contributed by atoms with van der Waals surface area (Å²) in [6, 6.07) is 0. The van der Waals surface area contributed by atoms with Crippen molar-refractivity contribution in [2.75, 3.05) is 0 Å². The molecule has 9 atom stereocenters. The minimum absolute atomic E-state index is 0.0267. The summed E-state index contributed by atoms with van der Waals surface area (Å²) >= 11 is 0. The van der Waals surface area contributed by atoms with Crippen LogP contribution in [-0.2, 0) is 19.0 Å². The molecular weight excluding hydrogens is 572 g/mol. The molecule has 3 aliphatic heterocycles. The number of carbonyl (C=O) groups excluding carboxylic acids is 1. The van der Waals surface area contributed by atoms with Gasteiger partial charge in [-0.3, -0.25) is 0 Å². The molecule has 0 aromatic heterocycles. The molecule has 0 amide bonds. The summed E-state index contributed by atoms with van der Waals surface area (Å²) in [6.07, 6.45) is 21.8. The van der Waals surface area contributed by atoms with Crippen LogP contribution >= 0.6 is 0 Å². The molecule has 0 unspecified atom stereocenters. The van der Waals surface area contributed by atoms with E-state index in [0.29, 0.717) is 24.8 Å². The van der Waals surface area contributed by atoms with Gasteiger partial charge in [-0.05, 0) is 70.8 Å². The van der Waals surface area contributed by atoms with Crippen molar-refractivity contribution < 1.29 is 39.4 Å². The van der Waals surface area contributed by atoms with Gasteiger partial charge in [0, 0.05) is 5.57 Å². The normalized spacial score (nSPS) is 27.8. The third-order valence-electron chi connectivity index (χ3n) is 10.2. The molecule has 2 saturated heterocycles. The van der Waals surface area contributed by atoms with E-state index in [1.807, 2.05) is 6.92 Å². The van der Waals surface area contributed by atoms with Crippen molar-refractivity contribution >= 4 is 5.97 Å². The quantitative estimate of drug-likeness (QED) is 0.0634. The first-order valence-electron chi connectivity index (χ1n) is 18.7. The van der Waals surface area contributed by atoms with Crippen LogP contribution in [0.15, 0.2) is 11.6 Å². The third kappa shape index (κ3) is 14.3. The fourth-order valence-electron chi connectivity index (χ4n) is 7.27. The molecule has 0 saturated carbocycles. The summed E-state index contributed by atoms with van der Waals surface area (Å²) in [4.78, 5) is 11.7. The zero-order valence-electron chi connectivity index (χ0n) is 28.5. The van der Waals surface area contributed by atoms with Gasteiger partial charge in [0.15, 0.2) is 0 Å². The Balaban J connectivity index is 1.15. The van der Waals surface area contributed by atoms with Crippen molar-refractivity contribution in [1.29, 1.82) is 0 Å². The van der Waals surface area contributed by atoms with Gasteiger partial charge in [-0.2, -0.15) is 0 Å². The molecule has 0 aliphatic carbocycles. The first-order valence-corrected chi connectivity index (χ1v) is 18.7. The Hall–Kier alpha value is -1.03. The molecule has 0 radical (unpaired) electrons. The molecule has 2 fully saturated rings. The lowest BCUT2D eigenvalue weighted by molar-refractivity contribution is -0.139. The molecular formula is C37H66O8. The Kier molecular flexibility index (Phi) is 18.6. The molecule has 45 heavy (non-hydrogen) atoms. The summed E-state index contributed by atoms with van der Waals surface area (Å²) in [5.41, 5.74) is 0.592. The Morgan fingerprint density at radius 2 is 1.09 bits per heavy atom. The Bertz CT molecular complexity index is 833. The predicted octanol–water partition coefficient (Wildman–Crippen LogP) is 6.83. The van der Waals surface area contributed by atoms with Crippen molar-refractivity contribution in [3.05, 3.63) is 11.6 Å². The van der Waals surface area contributed by atoms with Crippen molar-refractivity contribution in [2.45, 2.75) is 216 Å². The van der Waals surface area contributed by atoms with Gasteiger partial charge in [-0.1, -0.05) is 96.8 Å². The summed E-state index contributed by atoms with van der Waals surface area (Å²) in [5.74, 6) is -0.315. The van der Waals surface area contributed by atoms with Crippen LogP contribution in [-0.4, -0.2) is 81.3 Å². The highest BCUT2D eigenvalue weighted by atomic mass is 16.6. The smallest absolute Gasteiger partial charge is 0.334 e. The van der Waals surface area contributed by atoms with Crippen molar-refractivity contribution in [3.63, 3.8) is 0 Å². The van der Waals surface area contributed by atoms with Crippen LogP contribution in [0, 0.1) is 0 Å². The van der Waals surface area contributed by atoms with Gasteiger partial charge in [-0.15, -0.1) is 0 Å². The molecule has 3 aliphatic rings. The van der Waals surface area contributed by atoms with E-state index in [-0.39, 0.29) is 42.6 Å². The summed E-state index contributed by atoms with van der Waals surface area (Å²) < 4.78 is 17.6. The Morgan fingerprint density at radius 1 is 0.644 bits per heavy atom. The highest BCUT2D eigenvalue weighted by Crippen LogP contribution is 2.34. The molecule has 4 N–H and O–H groups in total. The molecule has 0 aromatic carbocycles. The number of hydrogen-bond acceptors (Lipinski definition) is 8. The second-order valence-electron chi connectivity index (χ2n) is 14.2. The van der Waals surface area contributed by atoms with Crippen molar-refractivity contribution in [1.82, 2.24) is 0 Å². The molecule has 262 valence electrons. The van der Waals surface area contributed by atoms with Gasteiger partial charge in [-0.25, -0.2) is 4.79 Å². The molecule has 0 bridgehead atoms. The standard InChI is InChI=1S/C37H66O8/c1-3-4-5-6-7-8-12-15-18-31(40)33-22-24-35(44-33)36-25-23-34(45-36)32(41)19-16-13-10-9-11-14-17-29(38)30(39)21-20-28-26-27(2)43-37(28)42/h26-27,29-36,38-41H,3-25H2,1-2H3/t27-,29-,30+,31+,32-,33-,34-,35-,36-/m0/s1. The van der Waals surface area contributed by atoms with Gasteiger partial charge >= 0.3 is 5.97 Å². The highest BCUT2D eigenvalue weighted by molar-refractivity contribution is 5.90. The van der Waals surface area contributed by atoms with E-state index in [4.69, 9.17) is 14.2 Å². The zero-order valence-corrected chi connectivity index (χ0v) is 28.5. The minimum Gasteiger partial charge on any atom is -0.455 e. The van der Waals surface area contributed by atoms with Crippen LogP contribution in [0.4, 0.5) is 0 Å². The summed E-state index contributed by atoms with van der Waals surface area (Å²) in [5, 5.41) is 42.0. The summed E-state index contributed by atoms with van der Waals surface area (Å²) in [6.45, 7) is 4.06. The molecule has 0 spiro atoms. The van der Waals surface area contributed by atoms with Crippen molar-refractivity contribution in [3.8, 4) is 0 Å². The van der Waals surface area contributed by atoms with Gasteiger partial charge in [0.2, 0.25) is 0 Å². The van der Waals surface area contributed by atoms with E-state index in [0.717, 1.165) is 83.5 Å². The van der Waals surface area contributed by atoms with Gasteiger partial charge in [0.1, 0.15) is 6.10 Å². The summed E-state index contributed by atoms with van der Waals surface area (Å²) in [7, 11) is 0. The van der Waals surface area contributed by atoms with E-state index in [1.54, 1.807) is 6.08 Å². The number of esters is 1. The zero-order chi connectivity index (χ0) is 32.4. The van der Waals surface area contributed by atoms with E-state index in [9.17, 15) is 25.2 Å².